The molecule has 0 aromatic heterocycles. The van der Waals surface area contributed by atoms with Gasteiger partial charge in [0.15, 0.2) is 0 Å². The van der Waals surface area contributed by atoms with Crippen LogP contribution in [0.2, 0.25) is 5.02 Å². The number of halogens is 1. The summed E-state index contributed by atoms with van der Waals surface area (Å²) in [6.45, 7) is 0. The zero-order chi connectivity index (χ0) is 9.10. The first-order valence-corrected chi connectivity index (χ1v) is 5.68. The van der Waals surface area contributed by atoms with Gasteiger partial charge in [0.2, 0.25) is 0 Å². The lowest BCUT2D eigenvalue weighted by molar-refractivity contribution is 0.952. The van der Waals surface area contributed by atoms with Crippen LogP contribution in [0.1, 0.15) is 12.8 Å². The van der Waals surface area contributed by atoms with Gasteiger partial charge in [-0.25, -0.2) is 0 Å². The van der Waals surface area contributed by atoms with Crippen molar-refractivity contribution in [1.29, 1.82) is 0 Å². The van der Waals surface area contributed by atoms with Crippen molar-refractivity contribution in [3.8, 4) is 0 Å². The van der Waals surface area contributed by atoms with Gasteiger partial charge in [-0.1, -0.05) is 35.9 Å². The maximum Gasteiger partial charge on any atom is 0.0541 e. The molecule has 0 saturated heterocycles. The Morgan fingerprint density at radius 3 is 2.54 bits per heavy atom. The van der Waals surface area contributed by atoms with Gasteiger partial charge in [0.25, 0.3) is 0 Å². The number of hydrogen-bond acceptors (Lipinski definition) is 1. The molecule has 0 unspecified atom stereocenters. The number of hydrogen-bond donors (Lipinski definition) is 0. The van der Waals surface area contributed by atoms with Gasteiger partial charge in [-0.3, -0.25) is 0 Å². The molecule has 2 rings (SSSR count). The Bertz CT molecular complexity index is 312. The maximum absolute atomic E-state index is 6.06. The van der Waals surface area contributed by atoms with Gasteiger partial charge < -0.3 is 0 Å². The predicted molar refractivity (Wildman–Crippen MR) is 59.5 cm³/mol. The minimum atomic E-state index is 0.694. The monoisotopic (exact) mass is 210 g/mol. The molecule has 2 heteroatoms. The highest BCUT2D eigenvalue weighted by Gasteiger charge is 2.12. The summed E-state index contributed by atoms with van der Waals surface area (Å²) >= 11 is 7.94. The number of rotatable bonds is 2. The maximum atomic E-state index is 6.06. The summed E-state index contributed by atoms with van der Waals surface area (Å²) in [6, 6.07) is 8.05. The molecule has 1 aromatic rings. The van der Waals surface area contributed by atoms with E-state index in [1.165, 1.54) is 17.7 Å². The summed E-state index contributed by atoms with van der Waals surface area (Å²) in [6.07, 6.45) is 6.84. The second-order valence-corrected chi connectivity index (χ2v) is 4.86. The minimum Gasteiger partial charge on any atom is -0.121 e. The van der Waals surface area contributed by atoms with Crippen molar-refractivity contribution in [2.24, 2.45) is 0 Å². The third-order valence-corrected chi connectivity index (χ3v) is 3.86. The first-order valence-electron chi connectivity index (χ1n) is 4.42. The molecule has 0 heterocycles. The lowest BCUT2D eigenvalue weighted by atomic mass is 10.3. The first-order chi connectivity index (χ1) is 6.36. The van der Waals surface area contributed by atoms with E-state index in [1.54, 1.807) is 0 Å². The van der Waals surface area contributed by atoms with Crippen LogP contribution in [0.4, 0.5) is 0 Å². The second-order valence-electron chi connectivity index (χ2n) is 3.11. The highest BCUT2D eigenvalue weighted by Crippen LogP contribution is 2.35. The van der Waals surface area contributed by atoms with E-state index in [0.717, 1.165) is 5.02 Å². The van der Waals surface area contributed by atoms with Gasteiger partial charge in [0, 0.05) is 10.1 Å². The van der Waals surface area contributed by atoms with Crippen molar-refractivity contribution in [3.05, 3.63) is 41.4 Å². The Morgan fingerprint density at radius 2 is 1.85 bits per heavy atom. The van der Waals surface area contributed by atoms with Crippen LogP contribution < -0.4 is 0 Å². The smallest absolute Gasteiger partial charge is 0.0541 e. The van der Waals surface area contributed by atoms with Crippen molar-refractivity contribution in [2.75, 3.05) is 0 Å². The topological polar surface area (TPSA) is 0 Å². The Balaban J connectivity index is 2.05. The van der Waals surface area contributed by atoms with Crippen LogP contribution in [0.3, 0.4) is 0 Å². The van der Waals surface area contributed by atoms with Gasteiger partial charge in [-0.2, -0.15) is 0 Å². The van der Waals surface area contributed by atoms with Gasteiger partial charge >= 0.3 is 0 Å². The zero-order valence-electron chi connectivity index (χ0n) is 7.24. The molecule has 0 fully saturated rings. The molecule has 1 aromatic carbocycles. The van der Waals surface area contributed by atoms with Gasteiger partial charge in [0.05, 0.1) is 5.02 Å². The molecule has 0 nitrogen and oxygen atoms in total. The molecule has 0 amide bonds. The average Bonchev–Trinajstić information content (AvgIpc) is 2.61. The highest BCUT2D eigenvalue weighted by atomic mass is 35.5. The Hall–Kier alpha value is -0.400. The molecule has 0 spiro atoms. The van der Waals surface area contributed by atoms with Crippen LogP contribution in [0.15, 0.2) is 41.3 Å². The van der Waals surface area contributed by atoms with Crippen molar-refractivity contribution < 1.29 is 0 Å². The Labute approximate surface area is 88.0 Å². The summed E-state index contributed by atoms with van der Waals surface area (Å²) in [5.41, 5.74) is 0. The van der Waals surface area contributed by atoms with Crippen molar-refractivity contribution in [3.63, 3.8) is 0 Å². The Morgan fingerprint density at radius 1 is 1.15 bits per heavy atom. The van der Waals surface area contributed by atoms with E-state index >= 15 is 0 Å². The van der Waals surface area contributed by atoms with E-state index in [4.69, 9.17) is 11.6 Å². The van der Waals surface area contributed by atoms with Crippen LogP contribution in [0.5, 0.6) is 0 Å². The fourth-order valence-electron chi connectivity index (χ4n) is 1.41. The van der Waals surface area contributed by atoms with E-state index in [0.29, 0.717) is 5.25 Å². The van der Waals surface area contributed by atoms with E-state index in [2.05, 4.69) is 18.2 Å². The molecule has 0 aliphatic heterocycles. The van der Waals surface area contributed by atoms with Crippen LogP contribution in [0.25, 0.3) is 0 Å². The van der Waals surface area contributed by atoms with Gasteiger partial charge in [-0.05, 0) is 25.0 Å². The summed E-state index contributed by atoms with van der Waals surface area (Å²) in [5, 5.41) is 1.57. The van der Waals surface area contributed by atoms with Gasteiger partial charge in [0.1, 0.15) is 0 Å². The van der Waals surface area contributed by atoms with Crippen LogP contribution in [0, 0.1) is 0 Å². The summed E-state index contributed by atoms with van der Waals surface area (Å²) in [5.74, 6) is 0. The molecule has 0 N–H and O–H groups in total. The third-order valence-electron chi connectivity index (χ3n) is 2.09. The molecular weight excluding hydrogens is 200 g/mol. The van der Waals surface area contributed by atoms with Crippen LogP contribution in [-0.2, 0) is 0 Å². The van der Waals surface area contributed by atoms with Crippen molar-refractivity contribution in [1.82, 2.24) is 0 Å². The Kier molecular flexibility index (Phi) is 2.97. The summed E-state index contributed by atoms with van der Waals surface area (Å²) in [7, 11) is 0. The van der Waals surface area contributed by atoms with Gasteiger partial charge in [-0.15, -0.1) is 11.8 Å². The largest absolute Gasteiger partial charge is 0.121 e. The van der Waals surface area contributed by atoms with Crippen LogP contribution in [-0.4, -0.2) is 5.25 Å². The standard InChI is InChI=1S/C11H11ClS/c12-10-7-3-4-8-11(10)13-9-5-1-2-6-9/h1-4,7-9H,5-6H2. The quantitative estimate of drug-likeness (QED) is 0.661. The van der Waals surface area contributed by atoms with E-state index in [1.807, 2.05) is 30.0 Å². The molecule has 1 aliphatic carbocycles. The molecule has 68 valence electrons. The lowest BCUT2D eigenvalue weighted by Gasteiger charge is -2.09. The SMILES string of the molecule is Clc1ccccc1SC1CC=CC1. The summed E-state index contributed by atoms with van der Waals surface area (Å²) in [4.78, 5) is 1.21. The second kappa shape index (κ2) is 4.21. The molecule has 0 radical (unpaired) electrons. The average molecular weight is 211 g/mol. The predicted octanol–water partition coefficient (Wildman–Crippen LogP) is 4.15. The van der Waals surface area contributed by atoms with E-state index in [-0.39, 0.29) is 0 Å². The molecule has 0 saturated carbocycles. The number of allylic oxidation sites excluding steroid dienone is 2. The van der Waals surface area contributed by atoms with Crippen LogP contribution >= 0.6 is 23.4 Å². The minimum absolute atomic E-state index is 0.694. The molecular formula is C11H11ClS. The summed E-state index contributed by atoms with van der Waals surface area (Å²) < 4.78 is 0. The van der Waals surface area contributed by atoms with E-state index in [9.17, 15) is 0 Å². The number of thioether (sulfide) groups is 1. The van der Waals surface area contributed by atoms with Crippen molar-refractivity contribution >= 4 is 23.4 Å². The lowest BCUT2D eigenvalue weighted by Crippen LogP contribution is -1.93. The molecule has 13 heavy (non-hydrogen) atoms. The first kappa shape index (κ1) is 9.17. The number of benzene rings is 1. The molecule has 1 aliphatic rings. The van der Waals surface area contributed by atoms with E-state index < -0.39 is 0 Å². The van der Waals surface area contributed by atoms with Crippen molar-refractivity contribution in [2.45, 2.75) is 23.0 Å². The normalized spacial score (nSPS) is 16.7. The molecule has 0 bridgehead atoms. The zero-order valence-corrected chi connectivity index (χ0v) is 8.81. The fourth-order valence-corrected chi connectivity index (χ4v) is 2.79. The highest BCUT2D eigenvalue weighted by molar-refractivity contribution is 8.00. The third kappa shape index (κ3) is 2.29. The fraction of sp³-hybridized carbons (Fsp3) is 0.273. The molecule has 0 atom stereocenters.